The van der Waals surface area contributed by atoms with E-state index in [4.69, 9.17) is 5.26 Å². The Hall–Kier alpha value is -1.40. The zero-order valence-electron chi connectivity index (χ0n) is 7.19. The topological polar surface area (TPSA) is 28.7 Å². The van der Waals surface area contributed by atoms with Crippen molar-refractivity contribution < 1.29 is 0 Å². The lowest BCUT2D eigenvalue weighted by molar-refractivity contribution is 0.969. The molecule has 2 rings (SSSR count). The van der Waals surface area contributed by atoms with E-state index < -0.39 is 0 Å². The lowest BCUT2D eigenvalue weighted by atomic mass is 10.2. The van der Waals surface area contributed by atoms with Crippen LogP contribution in [0, 0.1) is 10.7 Å². The number of rotatable bonds is 1. The van der Waals surface area contributed by atoms with Gasteiger partial charge in [0.15, 0.2) is 0 Å². The first kappa shape index (κ1) is 8.21. The average molecular weight is 188 g/mol. The lowest BCUT2D eigenvalue weighted by Gasteiger charge is -1.96. The van der Waals surface area contributed by atoms with E-state index >= 15 is 0 Å². The zero-order chi connectivity index (χ0) is 9.26. The number of aromatic nitrogens is 1. The van der Waals surface area contributed by atoms with Crippen LogP contribution in [0.4, 0.5) is 0 Å². The number of thioether (sulfide) groups is 1. The van der Waals surface area contributed by atoms with E-state index in [0.29, 0.717) is 0 Å². The molecule has 0 aliphatic heterocycles. The van der Waals surface area contributed by atoms with E-state index in [-0.39, 0.29) is 0 Å². The van der Waals surface area contributed by atoms with Crippen LogP contribution in [0.1, 0.15) is 0 Å². The van der Waals surface area contributed by atoms with Gasteiger partial charge in [0.1, 0.15) is 5.40 Å². The molecule has 0 spiro atoms. The molecule has 0 atom stereocenters. The summed E-state index contributed by atoms with van der Waals surface area (Å²) in [5.74, 6) is 0. The van der Waals surface area contributed by atoms with E-state index in [0.717, 1.165) is 4.90 Å². The first-order valence-electron chi connectivity index (χ1n) is 3.92. The number of hydrogen-bond acceptors (Lipinski definition) is 2. The van der Waals surface area contributed by atoms with Crippen molar-refractivity contribution >= 4 is 22.7 Å². The van der Waals surface area contributed by atoms with Gasteiger partial charge in [-0.25, -0.2) is 0 Å². The Morgan fingerprint density at radius 3 is 3.00 bits per heavy atom. The number of thiocyanates is 1. The highest BCUT2D eigenvalue weighted by Gasteiger charge is 1.99. The number of nitriles is 1. The van der Waals surface area contributed by atoms with Crippen molar-refractivity contribution in [2.75, 3.05) is 0 Å². The molecule has 3 heteroatoms. The molecule has 0 aliphatic carbocycles. The number of fused-ring (bicyclic) bond motifs is 1. The molecule has 0 unspecified atom stereocenters. The van der Waals surface area contributed by atoms with Crippen molar-refractivity contribution in [3.8, 4) is 5.40 Å². The summed E-state index contributed by atoms with van der Waals surface area (Å²) in [6.07, 6.45) is 2.02. The zero-order valence-corrected chi connectivity index (χ0v) is 8.01. The maximum Gasteiger partial charge on any atom is 0.138 e. The first-order valence-corrected chi connectivity index (χ1v) is 4.74. The second kappa shape index (κ2) is 3.15. The summed E-state index contributed by atoms with van der Waals surface area (Å²) in [4.78, 5) is 1.00. The Kier molecular flexibility index (Phi) is 1.99. The van der Waals surface area contributed by atoms with Gasteiger partial charge < -0.3 is 4.57 Å². The molecule has 1 aromatic heterocycles. The smallest absolute Gasteiger partial charge is 0.138 e. The number of hydrogen-bond donors (Lipinski definition) is 0. The highest BCUT2D eigenvalue weighted by Crippen LogP contribution is 2.22. The van der Waals surface area contributed by atoms with E-state index in [2.05, 4.69) is 16.0 Å². The summed E-state index contributed by atoms with van der Waals surface area (Å²) < 4.78 is 2.07. The standard InChI is InChI=1S/C10H8N2S/c1-12-5-4-8-6-9(13-7-11)2-3-10(8)12/h2-6H,1H3. The quantitative estimate of drug-likeness (QED) is 0.508. The van der Waals surface area contributed by atoms with Crippen molar-refractivity contribution in [1.82, 2.24) is 4.57 Å². The van der Waals surface area contributed by atoms with E-state index in [1.54, 1.807) is 0 Å². The molecule has 13 heavy (non-hydrogen) atoms. The second-order valence-electron chi connectivity index (χ2n) is 2.84. The predicted octanol–water partition coefficient (Wildman–Crippen LogP) is 2.75. The van der Waals surface area contributed by atoms with Gasteiger partial charge in [0.05, 0.1) is 0 Å². The van der Waals surface area contributed by atoms with Gasteiger partial charge in [0, 0.05) is 29.0 Å². The number of aryl methyl sites for hydroxylation is 1. The van der Waals surface area contributed by atoms with Crippen LogP contribution >= 0.6 is 11.8 Å². The van der Waals surface area contributed by atoms with Crippen LogP contribution in [-0.4, -0.2) is 4.57 Å². The minimum atomic E-state index is 1.00. The lowest BCUT2D eigenvalue weighted by Crippen LogP contribution is -1.82. The first-order chi connectivity index (χ1) is 6.31. The van der Waals surface area contributed by atoms with E-state index in [1.165, 1.54) is 22.7 Å². The largest absolute Gasteiger partial charge is 0.351 e. The van der Waals surface area contributed by atoms with E-state index in [9.17, 15) is 0 Å². The Morgan fingerprint density at radius 2 is 2.23 bits per heavy atom. The van der Waals surface area contributed by atoms with Crippen LogP contribution in [-0.2, 0) is 7.05 Å². The summed E-state index contributed by atoms with van der Waals surface area (Å²) in [5, 5.41) is 11.8. The van der Waals surface area contributed by atoms with Gasteiger partial charge in [0.25, 0.3) is 0 Å². The molecule has 0 aliphatic rings. The Morgan fingerprint density at radius 1 is 1.38 bits per heavy atom. The third kappa shape index (κ3) is 1.41. The molecule has 64 valence electrons. The minimum absolute atomic E-state index is 1.00. The maximum absolute atomic E-state index is 8.50. The molecule has 0 radical (unpaired) electrons. The molecule has 1 aromatic carbocycles. The molecule has 1 heterocycles. The van der Waals surface area contributed by atoms with Crippen molar-refractivity contribution in [3.63, 3.8) is 0 Å². The fourth-order valence-electron chi connectivity index (χ4n) is 1.38. The summed E-state index contributed by atoms with van der Waals surface area (Å²) >= 11 is 1.20. The Bertz CT molecular complexity index is 479. The third-order valence-electron chi connectivity index (χ3n) is 2.02. The molecular formula is C10H8N2S. The van der Waals surface area contributed by atoms with Crippen molar-refractivity contribution in [1.29, 1.82) is 5.26 Å². The summed E-state index contributed by atoms with van der Waals surface area (Å²) in [6.45, 7) is 0. The molecular weight excluding hydrogens is 180 g/mol. The van der Waals surface area contributed by atoms with Gasteiger partial charge >= 0.3 is 0 Å². The van der Waals surface area contributed by atoms with Crippen molar-refractivity contribution in [2.45, 2.75) is 4.90 Å². The average Bonchev–Trinajstić information content (AvgIpc) is 2.48. The fraction of sp³-hybridized carbons (Fsp3) is 0.100. The van der Waals surface area contributed by atoms with Crippen LogP contribution in [0.2, 0.25) is 0 Å². The number of benzene rings is 1. The molecule has 0 fully saturated rings. The van der Waals surface area contributed by atoms with Gasteiger partial charge in [0.2, 0.25) is 0 Å². The molecule has 0 amide bonds. The van der Waals surface area contributed by atoms with E-state index in [1.807, 2.05) is 31.4 Å². The summed E-state index contributed by atoms with van der Waals surface area (Å²) in [6, 6.07) is 8.09. The SMILES string of the molecule is Cn1ccc2cc(SC#N)ccc21. The molecule has 2 nitrogen and oxygen atoms in total. The van der Waals surface area contributed by atoms with Gasteiger partial charge in [-0.2, -0.15) is 5.26 Å². The van der Waals surface area contributed by atoms with Gasteiger partial charge in [-0.3, -0.25) is 0 Å². The molecule has 0 bridgehead atoms. The molecule has 2 aromatic rings. The van der Waals surface area contributed by atoms with Crippen LogP contribution in [0.3, 0.4) is 0 Å². The van der Waals surface area contributed by atoms with Gasteiger partial charge in [-0.05, 0) is 36.0 Å². The number of nitrogens with zero attached hydrogens (tertiary/aromatic N) is 2. The normalized spacial score (nSPS) is 10.2. The Balaban J connectivity index is 2.58. The minimum Gasteiger partial charge on any atom is -0.351 e. The van der Waals surface area contributed by atoms with Crippen LogP contribution in [0.25, 0.3) is 10.9 Å². The van der Waals surface area contributed by atoms with Gasteiger partial charge in [-0.15, -0.1) is 0 Å². The highest BCUT2D eigenvalue weighted by atomic mass is 32.2. The van der Waals surface area contributed by atoms with Crippen LogP contribution in [0.5, 0.6) is 0 Å². The van der Waals surface area contributed by atoms with Gasteiger partial charge in [-0.1, -0.05) is 0 Å². The second-order valence-corrected chi connectivity index (χ2v) is 3.70. The van der Waals surface area contributed by atoms with Crippen LogP contribution in [0.15, 0.2) is 35.4 Å². The summed E-state index contributed by atoms with van der Waals surface area (Å²) in [7, 11) is 2.01. The third-order valence-corrected chi connectivity index (χ3v) is 2.60. The molecule has 0 saturated carbocycles. The van der Waals surface area contributed by atoms with Crippen LogP contribution < -0.4 is 0 Å². The Labute approximate surface area is 80.8 Å². The molecule has 0 N–H and O–H groups in total. The molecule has 0 saturated heterocycles. The van der Waals surface area contributed by atoms with Crippen molar-refractivity contribution in [3.05, 3.63) is 30.5 Å². The van der Waals surface area contributed by atoms with Crippen molar-refractivity contribution in [2.24, 2.45) is 7.05 Å². The fourth-order valence-corrected chi connectivity index (χ4v) is 1.80. The predicted molar refractivity (Wildman–Crippen MR) is 54.4 cm³/mol. The summed E-state index contributed by atoms with van der Waals surface area (Å²) in [5.41, 5.74) is 1.20. The monoisotopic (exact) mass is 188 g/mol. The maximum atomic E-state index is 8.50. The highest BCUT2D eigenvalue weighted by molar-refractivity contribution is 8.03.